The van der Waals surface area contributed by atoms with Crippen molar-refractivity contribution < 1.29 is 4.39 Å². The lowest BCUT2D eigenvalue weighted by molar-refractivity contribution is 0.568. The van der Waals surface area contributed by atoms with E-state index in [-0.39, 0.29) is 11.9 Å². The Morgan fingerprint density at radius 2 is 2.23 bits per heavy atom. The van der Waals surface area contributed by atoms with Crippen molar-refractivity contribution >= 4 is 11.2 Å². The van der Waals surface area contributed by atoms with Gasteiger partial charge in [-0.2, -0.15) is 0 Å². The first-order valence-corrected chi connectivity index (χ1v) is 7.60. The number of rotatable bonds is 3. The maximum atomic E-state index is 13.5. The molecule has 1 aliphatic heterocycles. The third-order valence-corrected chi connectivity index (χ3v) is 4.14. The lowest BCUT2D eigenvalue weighted by atomic mass is 10.2. The Morgan fingerprint density at radius 3 is 3.05 bits per heavy atom. The van der Waals surface area contributed by atoms with E-state index >= 15 is 0 Å². The minimum absolute atomic E-state index is 0.213. The highest BCUT2D eigenvalue weighted by molar-refractivity contribution is 5.71. The zero-order valence-electron chi connectivity index (χ0n) is 12.2. The lowest BCUT2D eigenvalue weighted by Crippen LogP contribution is -2.18. The quantitative estimate of drug-likeness (QED) is 0.808. The van der Waals surface area contributed by atoms with Gasteiger partial charge in [0, 0.05) is 6.20 Å². The predicted molar refractivity (Wildman–Crippen MR) is 83.0 cm³/mol. The Hall–Kier alpha value is -2.27. The van der Waals surface area contributed by atoms with E-state index in [1.54, 1.807) is 18.3 Å². The molecule has 3 heterocycles. The van der Waals surface area contributed by atoms with Gasteiger partial charge in [-0.25, -0.2) is 14.4 Å². The highest BCUT2D eigenvalue weighted by Crippen LogP contribution is 2.26. The van der Waals surface area contributed by atoms with Crippen LogP contribution in [0.1, 0.15) is 30.3 Å². The summed E-state index contributed by atoms with van der Waals surface area (Å²) in [5, 5.41) is 3.49. The molecule has 0 spiro atoms. The van der Waals surface area contributed by atoms with Crippen LogP contribution >= 0.6 is 0 Å². The topological polar surface area (TPSA) is 42.7 Å². The molecular formula is C17H17FN4. The van der Waals surface area contributed by atoms with E-state index in [1.807, 2.05) is 18.2 Å². The van der Waals surface area contributed by atoms with Crippen molar-refractivity contribution in [1.82, 2.24) is 19.9 Å². The van der Waals surface area contributed by atoms with Gasteiger partial charge < -0.3 is 9.88 Å². The number of hydrogen-bond acceptors (Lipinski definition) is 3. The van der Waals surface area contributed by atoms with Crippen molar-refractivity contribution in [3.63, 3.8) is 0 Å². The first-order valence-electron chi connectivity index (χ1n) is 7.60. The molecule has 112 valence electrons. The normalized spacial score (nSPS) is 18.1. The van der Waals surface area contributed by atoms with Crippen molar-refractivity contribution in [2.24, 2.45) is 0 Å². The standard InChI is InChI=1S/C17H17FN4/c18-13-5-1-4-12(10-13)11-22-16-15(7-3-9-20-16)21-17(22)14-6-2-8-19-14/h1,3-5,7,9-10,14,19H,2,6,8,11H2. The molecule has 5 heteroatoms. The van der Waals surface area contributed by atoms with E-state index in [0.29, 0.717) is 6.54 Å². The second-order valence-corrected chi connectivity index (χ2v) is 5.68. The minimum atomic E-state index is -0.213. The Bertz CT molecular complexity index is 805. The second kappa shape index (κ2) is 5.50. The smallest absolute Gasteiger partial charge is 0.160 e. The van der Waals surface area contributed by atoms with Crippen LogP contribution in [0.2, 0.25) is 0 Å². The van der Waals surface area contributed by atoms with E-state index in [0.717, 1.165) is 41.9 Å². The highest BCUT2D eigenvalue weighted by atomic mass is 19.1. The van der Waals surface area contributed by atoms with Gasteiger partial charge in [-0.1, -0.05) is 12.1 Å². The van der Waals surface area contributed by atoms with Crippen LogP contribution in [-0.2, 0) is 6.54 Å². The number of hydrogen-bond donors (Lipinski definition) is 1. The van der Waals surface area contributed by atoms with Gasteiger partial charge in [-0.05, 0) is 49.2 Å². The molecule has 1 atom stereocenters. The fraction of sp³-hybridized carbons (Fsp3) is 0.294. The number of fused-ring (bicyclic) bond motifs is 1. The zero-order chi connectivity index (χ0) is 14.9. The van der Waals surface area contributed by atoms with Crippen LogP contribution in [0.5, 0.6) is 0 Å². The fourth-order valence-corrected chi connectivity index (χ4v) is 3.12. The molecule has 1 aromatic carbocycles. The fourth-order valence-electron chi connectivity index (χ4n) is 3.12. The van der Waals surface area contributed by atoms with Gasteiger partial charge in [-0.15, -0.1) is 0 Å². The molecule has 4 rings (SSSR count). The Balaban J connectivity index is 1.81. The predicted octanol–water partition coefficient (Wildman–Crippen LogP) is 3.04. The van der Waals surface area contributed by atoms with Gasteiger partial charge in [-0.3, -0.25) is 0 Å². The van der Waals surface area contributed by atoms with Gasteiger partial charge in [0.2, 0.25) is 0 Å². The molecule has 1 unspecified atom stereocenters. The van der Waals surface area contributed by atoms with Crippen LogP contribution in [-0.4, -0.2) is 21.1 Å². The maximum absolute atomic E-state index is 13.5. The molecule has 0 amide bonds. The van der Waals surface area contributed by atoms with Crippen molar-refractivity contribution in [1.29, 1.82) is 0 Å². The monoisotopic (exact) mass is 296 g/mol. The summed E-state index contributed by atoms with van der Waals surface area (Å²) in [6, 6.07) is 10.8. The van der Waals surface area contributed by atoms with Crippen LogP contribution in [0.3, 0.4) is 0 Å². The summed E-state index contributed by atoms with van der Waals surface area (Å²) in [4.78, 5) is 9.23. The van der Waals surface area contributed by atoms with Crippen LogP contribution in [0.15, 0.2) is 42.6 Å². The number of aromatic nitrogens is 3. The Kier molecular flexibility index (Phi) is 3.35. The van der Waals surface area contributed by atoms with E-state index < -0.39 is 0 Å². The van der Waals surface area contributed by atoms with Gasteiger partial charge in [0.1, 0.15) is 17.2 Å². The Morgan fingerprint density at radius 1 is 1.27 bits per heavy atom. The molecule has 2 aromatic heterocycles. The molecule has 0 saturated carbocycles. The number of benzene rings is 1. The van der Waals surface area contributed by atoms with Gasteiger partial charge in [0.05, 0.1) is 12.6 Å². The number of pyridine rings is 1. The first-order chi connectivity index (χ1) is 10.8. The number of imidazole rings is 1. The summed E-state index contributed by atoms with van der Waals surface area (Å²) in [7, 11) is 0. The van der Waals surface area contributed by atoms with Crippen LogP contribution in [0.4, 0.5) is 4.39 Å². The van der Waals surface area contributed by atoms with E-state index in [4.69, 9.17) is 4.98 Å². The molecular weight excluding hydrogens is 279 g/mol. The second-order valence-electron chi connectivity index (χ2n) is 5.68. The molecule has 3 aromatic rings. The molecule has 1 saturated heterocycles. The van der Waals surface area contributed by atoms with Crippen molar-refractivity contribution in [2.75, 3.05) is 6.54 Å². The average Bonchev–Trinajstić information content (AvgIpc) is 3.15. The van der Waals surface area contributed by atoms with Crippen molar-refractivity contribution in [3.05, 3.63) is 59.8 Å². The molecule has 1 aliphatic rings. The Labute approximate surface area is 128 Å². The van der Waals surface area contributed by atoms with Crippen molar-refractivity contribution in [3.8, 4) is 0 Å². The molecule has 22 heavy (non-hydrogen) atoms. The van der Waals surface area contributed by atoms with E-state index in [2.05, 4.69) is 14.9 Å². The molecule has 0 aliphatic carbocycles. The number of nitrogens with zero attached hydrogens (tertiary/aromatic N) is 3. The summed E-state index contributed by atoms with van der Waals surface area (Å²) in [6.45, 7) is 1.60. The van der Waals surface area contributed by atoms with Crippen LogP contribution in [0.25, 0.3) is 11.2 Å². The number of nitrogens with one attached hydrogen (secondary N) is 1. The largest absolute Gasteiger partial charge is 0.307 e. The van der Waals surface area contributed by atoms with Gasteiger partial charge >= 0.3 is 0 Å². The first kappa shape index (κ1) is 13.4. The third-order valence-electron chi connectivity index (χ3n) is 4.14. The SMILES string of the molecule is Fc1cccc(Cn2c(C3CCCN3)nc3cccnc32)c1. The van der Waals surface area contributed by atoms with Crippen LogP contribution in [0, 0.1) is 5.82 Å². The molecule has 1 N–H and O–H groups in total. The lowest BCUT2D eigenvalue weighted by Gasteiger charge is -2.13. The summed E-state index contributed by atoms with van der Waals surface area (Å²) in [5.41, 5.74) is 2.67. The third kappa shape index (κ3) is 2.37. The summed E-state index contributed by atoms with van der Waals surface area (Å²) in [5.74, 6) is 0.783. The van der Waals surface area contributed by atoms with Gasteiger partial charge in [0.15, 0.2) is 5.65 Å². The maximum Gasteiger partial charge on any atom is 0.160 e. The molecule has 4 nitrogen and oxygen atoms in total. The average molecular weight is 296 g/mol. The summed E-state index contributed by atoms with van der Waals surface area (Å²) >= 11 is 0. The van der Waals surface area contributed by atoms with Crippen molar-refractivity contribution in [2.45, 2.75) is 25.4 Å². The van der Waals surface area contributed by atoms with Gasteiger partial charge in [0.25, 0.3) is 0 Å². The van der Waals surface area contributed by atoms with E-state index in [1.165, 1.54) is 6.07 Å². The number of halogens is 1. The minimum Gasteiger partial charge on any atom is -0.307 e. The molecule has 1 fully saturated rings. The zero-order valence-corrected chi connectivity index (χ0v) is 12.2. The van der Waals surface area contributed by atoms with Crippen LogP contribution < -0.4 is 5.32 Å². The van der Waals surface area contributed by atoms with E-state index in [9.17, 15) is 4.39 Å². The highest BCUT2D eigenvalue weighted by Gasteiger charge is 2.23. The summed E-state index contributed by atoms with van der Waals surface area (Å²) < 4.78 is 15.6. The molecule has 0 bridgehead atoms. The summed E-state index contributed by atoms with van der Waals surface area (Å²) in [6.07, 6.45) is 4.01. The molecule has 0 radical (unpaired) electrons.